The van der Waals surface area contributed by atoms with E-state index < -0.39 is 17.4 Å². The predicted octanol–water partition coefficient (Wildman–Crippen LogP) is 1.93. The molecule has 1 aliphatic rings. The quantitative estimate of drug-likeness (QED) is 0.669. The van der Waals surface area contributed by atoms with Gasteiger partial charge in [-0.05, 0) is 26.0 Å². The molecule has 1 N–H and O–H groups in total. The largest absolute Gasteiger partial charge is 0.486 e. The third-order valence-corrected chi connectivity index (χ3v) is 2.76. The first-order chi connectivity index (χ1) is 8.80. The van der Waals surface area contributed by atoms with Crippen LogP contribution in [0.1, 0.15) is 29.8 Å². The summed E-state index contributed by atoms with van der Waals surface area (Å²) in [6.45, 7) is 3.12. The zero-order valence-electron chi connectivity index (χ0n) is 10.5. The van der Waals surface area contributed by atoms with Crippen molar-refractivity contribution < 1.29 is 28.6 Å². The maximum Gasteiger partial charge on any atom is 0.377 e. The van der Waals surface area contributed by atoms with Crippen molar-refractivity contribution in [1.82, 2.24) is 0 Å². The Labute approximate surface area is 108 Å². The molecule has 0 saturated carbocycles. The summed E-state index contributed by atoms with van der Waals surface area (Å²) >= 11 is 0. The van der Waals surface area contributed by atoms with Crippen molar-refractivity contribution in [3.05, 3.63) is 23.3 Å². The van der Waals surface area contributed by atoms with Gasteiger partial charge in [0.05, 0.1) is 0 Å². The summed E-state index contributed by atoms with van der Waals surface area (Å²) in [5.41, 5.74) is -2.11. The van der Waals surface area contributed by atoms with Gasteiger partial charge in [0.1, 0.15) is 18.9 Å². The van der Waals surface area contributed by atoms with E-state index in [0.29, 0.717) is 19.0 Å². The summed E-state index contributed by atoms with van der Waals surface area (Å²) in [6, 6.07) is 2.55. The molecule has 0 radical (unpaired) electrons. The highest BCUT2D eigenvalue weighted by molar-refractivity contribution is 6.40. The third kappa shape index (κ3) is 2.52. The number of ketones is 1. The van der Waals surface area contributed by atoms with Gasteiger partial charge < -0.3 is 14.6 Å². The monoisotopic (exact) mass is 268 g/mol. The number of carbonyl (C=O) groups is 2. The Morgan fingerprint density at radius 3 is 2.21 bits per heavy atom. The van der Waals surface area contributed by atoms with Crippen LogP contribution in [0, 0.1) is 0 Å². The Morgan fingerprint density at radius 2 is 1.74 bits per heavy atom. The normalized spacial score (nSPS) is 14.1. The van der Waals surface area contributed by atoms with Gasteiger partial charge in [0.25, 0.3) is 5.78 Å². The second-order valence-electron chi connectivity index (χ2n) is 4.65. The molecule has 0 fully saturated rings. The van der Waals surface area contributed by atoms with Crippen molar-refractivity contribution >= 4 is 11.8 Å². The van der Waals surface area contributed by atoms with Crippen LogP contribution in [0.25, 0.3) is 0 Å². The molecule has 6 heteroatoms. The van der Waals surface area contributed by atoms with Crippen LogP contribution in [-0.4, -0.2) is 30.1 Å². The Morgan fingerprint density at radius 1 is 1.21 bits per heavy atom. The molecule has 2 rings (SSSR count). The van der Waals surface area contributed by atoms with E-state index in [1.54, 1.807) is 0 Å². The van der Waals surface area contributed by atoms with E-state index in [-0.39, 0.29) is 16.9 Å². The summed E-state index contributed by atoms with van der Waals surface area (Å²) in [4.78, 5) is 22.4. The van der Waals surface area contributed by atoms with Crippen molar-refractivity contribution in [2.75, 3.05) is 13.2 Å². The van der Waals surface area contributed by atoms with E-state index in [2.05, 4.69) is 0 Å². The Bertz CT molecular complexity index is 545. The molecule has 0 amide bonds. The molecule has 0 unspecified atom stereocenters. The standard InChI is InChI=1S/C13H13FO5/c1-13(2,14)8-6-10-9(18-3-4-19-10)5-7(8)11(15)12(16)17/h5-6H,3-4H2,1-2H3,(H,16,17). The number of halogens is 1. The molecule has 1 aliphatic heterocycles. The average molecular weight is 268 g/mol. The molecular formula is C13H13FO5. The fourth-order valence-electron chi connectivity index (χ4n) is 1.88. The number of benzene rings is 1. The summed E-state index contributed by atoms with van der Waals surface area (Å²) in [5, 5.41) is 8.79. The van der Waals surface area contributed by atoms with E-state index in [1.807, 2.05) is 0 Å². The summed E-state index contributed by atoms with van der Waals surface area (Å²) in [6.07, 6.45) is 0. The molecule has 0 spiro atoms. The van der Waals surface area contributed by atoms with Gasteiger partial charge in [0, 0.05) is 11.1 Å². The molecule has 0 saturated heterocycles. The van der Waals surface area contributed by atoms with Gasteiger partial charge in [-0.25, -0.2) is 9.18 Å². The van der Waals surface area contributed by atoms with E-state index in [9.17, 15) is 14.0 Å². The number of carboxylic acids is 1. The molecule has 0 bridgehead atoms. The number of Topliss-reactive ketones (excluding diaryl/α,β-unsaturated/α-hetero) is 1. The number of fused-ring (bicyclic) bond motifs is 1. The fraction of sp³-hybridized carbons (Fsp3) is 0.385. The van der Waals surface area contributed by atoms with Gasteiger partial charge >= 0.3 is 5.97 Å². The lowest BCUT2D eigenvalue weighted by molar-refractivity contribution is -0.131. The molecule has 0 aromatic heterocycles. The van der Waals surface area contributed by atoms with Crippen LogP contribution in [0.2, 0.25) is 0 Å². The molecular weight excluding hydrogens is 255 g/mol. The number of aliphatic carboxylic acids is 1. The number of carbonyl (C=O) groups excluding carboxylic acids is 1. The zero-order chi connectivity index (χ0) is 14.2. The third-order valence-electron chi connectivity index (χ3n) is 2.76. The lowest BCUT2D eigenvalue weighted by atomic mass is 9.91. The van der Waals surface area contributed by atoms with Gasteiger partial charge in [0.2, 0.25) is 0 Å². The average Bonchev–Trinajstić information content (AvgIpc) is 2.35. The van der Waals surface area contributed by atoms with Crippen LogP contribution in [0.5, 0.6) is 11.5 Å². The van der Waals surface area contributed by atoms with Crippen molar-refractivity contribution in [2.45, 2.75) is 19.5 Å². The number of carboxylic acid groups (broad SMARTS) is 1. The van der Waals surface area contributed by atoms with Crippen LogP contribution in [0.15, 0.2) is 12.1 Å². The van der Waals surface area contributed by atoms with Crippen LogP contribution in [0.4, 0.5) is 4.39 Å². The first kappa shape index (κ1) is 13.3. The van der Waals surface area contributed by atoms with Crippen LogP contribution >= 0.6 is 0 Å². The number of alkyl halides is 1. The van der Waals surface area contributed by atoms with Crippen LogP contribution in [0.3, 0.4) is 0 Å². The Hall–Kier alpha value is -2.11. The molecule has 0 aliphatic carbocycles. The van der Waals surface area contributed by atoms with Gasteiger partial charge in [-0.15, -0.1) is 0 Å². The first-order valence-corrected chi connectivity index (χ1v) is 5.71. The van der Waals surface area contributed by atoms with Crippen LogP contribution < -0.4 is 9.47 Å². The highest BCUT2D eigenvalue weighted by Gasteiger charge is 2.31. The number of ether oxygens (including phenoxy) is 2. The van der Waals surface area contributed by atoms with E-state index in [1.165, 1.54) is 26.0 Å². The summed E-state index contributed by atoms with van der Waals surface area (Å²) < 4.78 is 24.7. The maximum absolute atomic E-state index is 14.1. The molecule has 19 heavy (non-hydrogen) atoms. The predicted molar refractivity (Wildman–Crippen MR) is 63.5 cm³/mol. The zero-order valence-corrected chi connectivity index (χ0v) is 10.5. The van der Waals surface area contributed by atoms with E-state index >= 15 is 0 Å². The molecule has 102 valence electrons. The van der Waals surface area contributed by atoms with Crippen molar-refractivity contribution in [2.24, 2.45) is 0 Å². The van der Waals surface area contributed by atoms with Crippen molar-refractivity contribution in [3.8, 4) is 11.5 Å². The first-order valence-electron chi connectivity index (χ1n) is 5.71. The van der Waals surface area contributed by atoms with Crippen molar-refractivity contribution in [1.29, 1.82) is 0 Å². The Kier molecular flexibility index (Phi) is 3.18. The van der Waals surface area contributed by atoms with Crippen LogP contribution in [-0.2, 0) is 10.5 Å². The number of rotatable bonds is 3. The topological polar surface area (TPSA) is 72.8 Å². The minimum Gasteiger partial charge on any atom is -0.486 e. The molecule has 1 heterocycles. The number of hydrogen-bond acceptors (Lipinski definition) is 4. The number of hydrogen-bond donors (Lipinski definition) is 1. The molecule has 0 atom stereocenters. The van der Waals surface area contributed by atoms with Gasteiger partial charge in [-0.2, -0.15) is 0 Å². The molecule has 1 aromatic carbocycles. The highest BCUT2D eigenvalue weighted by atomic mass is 19.1. The maximum atomic E-state index is 14.1. The van der Waals surface area contributed by atoms with Gasteiger partial charge in [0.15, 0.2) is 11.5 Å². The SMILES string of the molecule is CC(C)(F)c1cc2c(cc1C(=O)C(=O)O)OCCO2. The van der Waals surface area contributed by atoms with Gasteiger partial charge in [-0.3, -0.25) is 4.79 Å². The second kappa shape index (κ2) is 4.53. The minimum atomic E-state index is -1.86. The second-order valence-corrected chi connectivity index (χ2v) is 4.65. The molecule has 5 nitrogen and oxygen atoms in total. The lowest BCUT2D eigenvalue weighted by Crippen LogP contribution is -2.23. The fourth-order valence-corrected chi connectivity index (χ4v) is 1.88. The van der Waals surface area contributed by atoms with Crippen molar-refractivity contribution in [3.63, 3.8) is 0 Å². The smallest absolute Gasteiger partial charge is 0.377 e. The summed E-state index contributed by atoms with van der Waals surface area (Å²) in [7, 11) is 0. The van der Waals surface area contributed by atoms with E-state index in [0.717, 1.165) is 0 Å². The summed E-state index contributed by atoms with van der Waals surface area (Å²) in [5.74, 6) is -2.24. The Balaban J connectivity index is 2.62. The molecule has 1 aromatic rings. The minimum absolute atomic E-state index is 0.0239. The van der Waals surface area contributed by atoms with E-state index in [4.69, 9.17) is 14.6 Å². The lowest BCUT2D eigenvalue weighted by Gasteiger charge is -2.24. The highest BCUT2D eigenvalue weighted by Crippen LogP contribution is 2.38. The van der Waals surface area contributed by atoms with Gasteiger partial charge in [-0.1, -0.05) is 0 Å².